The molecule has 0 amide bonds. The molecule has 1 aliphatic rings. The van der Waals surface area contributed by atoms with E-state index < -0.39 is 0 Å². The van der Waals surface area contributed by atoms with Crippen molar-refractivity contribution in [2.24, 2.45) is 0 Å². The lowest BCUT2D eigenvalue weighted by atomic mass is 9.94. The van der Waals surface area contributed by atoms with Crippen molar-refractivity contribution in [3.63, 3.8) is 0 Å². The molecule has 80 valence electrons. The highest BCUT2D eigenvalue weighted by atomic mass is 15.1. The van der Waals surface area contributed by atoms with Gasteiger partial charge in [0.1, 0.15) is 0 Å². The minimum absolute atomic E-state index is 0.887. The van der Waals surface area contributed by atoms with Crippen LogP contribution in [0.15, 0.2) is 0 Å². The highest BCUT2D eigenvalue weighted by molar-refractivity contribution is 6.04. The summed E-state index contributed by atoms with van der Waals surface area (Å²) in [6.07, 6.45) is 9.86. The van der Waals surface area contributed by atoms with E-state index in [1.165, 1.54) is 58.0 Å². The molecule has 0 bridgehead atoms. The lowest BCUT2D eigenvalue weighted by molar-refractivity contribution is 0.245. The third kappa shape index (κ3) is 4.52. The van der Waals surface area contributed by atoms with E-state index in [-0.39, 0.29) is 0 Å². The van der Waals surface area contributed by atoms with Crippen molar-refractivity contribution in [2.45, 2.75) is 51.0 Å². The van der Waals surface area contributed by atoms with Gasteiger partial charge in [-0.15, -0.1) is 0 Å². The van der Waals surface area contributed by atoms with Gasteiger partial charge in [-0.25, -0.2) is 0 Å². The highest BCUT2D eigenvalue weighted by Crippen LogP contribution is 2.19. The summed E-state index contributed by atoms with van der Waals surface area (Å²) in [7, 11) is 4.33. The molecule has 0 spiro atoms. The Balaban J connectivity index is 1.99. The zero-order chi connectivity index (χ0) is 10.2. The Hall–Kier alpha value is 0.0499. The molecule has 1 fully saturated rings. The van der Waals surface area contributed by atoms with Crippen LogP contribution in [0.5, 0.6) is 0 Å². The van der Waals surface area contributed by atoms with Crippen molar-refractivity contribution in [2.75, 3.05) is 13.1 Å². The predicted molar refractivity (Wildman–Crippen MR) is 67.9 cm³/mol. The standard InChI is InChI=1S/C10H24B2N2/c11-13-8-4-1-2-6-10-7-3-5-9-14(10)12/h10,13H,1-9,11-12H2. The molecule has 1 rings (SSSR count). The first-order valence-corrected chi connectivity index (χ1v) is 6.19. The molecule has 0 aromatic carbocycles. The minimum Gasteiger partial charge on any atom is -0.362 e. The van der Waals surface area contributed by atoms with Crippen molar-refractivity contribution in [1.29, 1.82) is 0 Å². The Labute approximate surface area is 90.7 Å². The van der Waals surface area contributed by atoms with Gasteiger partial charge in [-0.1, -0.05) is 19.3 Å². The number of rotatable bonds is 6. The maximum Gasteiger partial charge on any atom is 0.185 e. The SMILES string of the molecule is BNCCCCCC1CCCCN1B. The number of hydrogen-bond donors (Lipinski definition) is 1. The monoisotopic (exact) mass is 194 g/mol. The van der Waals surface area contributed by atoms with Crippen LogP contribution in [0.4, 0.5) is 0 Å². The fourth-order valence-corrected chi connectivity index (χ4v) is 2.37. The van der Waals surface area contributed by atoms with E-state index in [9.17, 15) is 0 Å². The average molecular weight is 194 g/mol. The topological polar surface area (TPSA) is 15.3 Å². The summed E-state index contributed by atoms with van der Waals surface area (Å²) < 4.78 is 0. The third-order valence-electron chi connectivity index (χ3n) is 3.39. The number of nitrogens with zero attached hydrogens (tertiary/aromatic N) is 1. The zero-order valence-corrected chi connectivity index (χ0v) is 9.89. The number of unbranched alkanes of at least 4 members (excludes halogenated alkanes) is 2. The fraction of sp³-hybridized carbons (Fsp3) is 1.00. The van der Waals surface area contributed by atoms with Gasteiger partial charge in [0, 0.05) is 0 Å². The molecule has 0 aliphatic carbocycles. The second kappa shape index (κ2) is 7.36. The van der Waals surface area contributed by atoms with Crippen LogP contribution in [0.2, 0.25) is 0 Å². The van der Waals surface area contributed by atoms with E-state index in [2.05, 4.69) is 18.0 Å². The van der Waals surface area contributed by atoms with Crippen molar-refractivity contribution < 1.29 is 0 Å². The van der Waals surface area contributed by atoms with Gasteiger partial charge in [0.25, 0.3) is 0 Å². The summed E-state index contributed by atoms with van der Waals surface area (Å²) in [6.45, 7) is 2.50. The summed E-state index contributed by atoms with van der Waals surface area (Å²) in [5.41, 5.74) is 0. The maximum atomic E-state index is 3.20. The first-order valence-electron chi connectivity index (χ1n) is 6.19. The van der Waals surface area contributed by atoms with E-state index in [1.807, 2.05) is 7.98 Å². The molecule has 1 aliphatic heterocycles. The van der Waals surface area contributed by atoms with Crippen LogP contribution in [-0.2, 0) is 0 Å². The zero-order valence-electron chi connectivity index (χ0n) is 9.89. The molecule has 2 nitrogen and oxygen atoms in total. The van der Waals surface area contributed by atoms with Gasteiger partial charge in [0.15, 0.2) is 16.0 Å². The smallest absolute Gasteiger partial charge is 0.185 e. The molecule has 1 heterocycles. The van der Waals surface area contributed by atoms with Gasteiger partial charge in [-0.05, 0) is 44.8 Å². The van der Waals surface area contributed by atoms with E-state index in [1.54, 1.807) is 0 Å². The molecule has 4 heteroatoms. The van der Waals surface area contributed by atoms with E-state index in [4.69, 9.17) is 0 Å². The van der Waals surface area contributed by atoms with Crippen molar-refractivity contribution in [3.8, 4) is 0 Å². The second-order valence-corrected chi connectivity index (χ2v) is 4.58. The van der Waals surface area contributed by atoms with Crippen LogP contribution in [0.25, 0.3) is 0 Å². The molecular weight excluding hydrogens is 170 g/mol. The van der Waals surface area contributed by atoms with Gasteiger partial charge in [-0.2, -0.15) is 0 Å². The third-order valence-corrected chi connectivity index (χ3v) is 3.39. The fourth-order valence-electron chi connectivity index (χ4n) is 2.37. The molecule has 0 saturated carbocycles. The van der Waals surface area contributed by atoms with Crippen molar-refractivity contribution in [1.82, 2.24) is 10.0 Å². The Morgan fingerprint density at radius 1 is 1.21 bits per heavy atom. The molecule has 0 radical (unpaired) electrons. The molecule has 1 saturated heterocycles. The molecule has 0 aromatic heterocycles. The van der Waals surface area contributed by atoms with Crippen LogP contribution in [0.1, 0.15) is 44.9 Å². The van der Waals surface area contributed by atoms with Gasteiger partial charge in [0.2, 0.25) is 0 Å². The van der Waals surface area contributed by atoms with Crippen LogP contribution < -0.4 is 5.23 Å². The van der Waals surface area contributed by atoms with Crippen molar-refractivity contribution >= 4 is 16.0 Å². The first kappa shape index (κ1) is 12.1. The largest absolute Gasteiger partial charge is 0.362 e. The molecule has 1 unspecified atom stereocenters. The summed E-state index contributed by atoms with van der Waals surface area (Å²) in [6, 6.07) is 0.887. The van der Waals surface area contributed by atoms with Crippen LogP contribution in [0, 0.1) is 0 Å². The second-order valence-electron chi connectivity index (χ2n) is 4.58. The Bertz CT molecular complexity index is 144. The van der Waals surface area contributed by atoms with E-state index in [0.717, 1.165) is 6.04 Å². The van der Waals surface area contributed by atoms with Gasteiger partial charge in [-0.3, -0.25) is 0 Å². The summed E-state index contributed by atoms with van der Waals surface area (Å²) >= 11 is 0. The van der Waals surface area contributed by atoms with E-state index >= 15 is 0 Å². The average Bonchev–Trinajstić information content (AvgIpc) is 2.20. The number of hydrogen-bond acceptors (Lipinski definition) is 2. The summed E-state index contributed by atoms with van der Waals surface area (Å²) in [4.78, 5) is 2.56. The molecule has 1 N–H and O–H groups in total. The Morgan fingerprint density at radius 2 is 2.07 bits per heavy atom. The van der Waals surface area contributed by atoms with Gasteiger partial charge >= 0.3 is 0 Å². The minimum atomic E-state index is 0.887. The lowest BCUT2D eigenvalue weighted by Gasteiger charge is -2.33. The van der Waals surface area contributed by atoms with Crippen LogP contribution in [-0.4, -0.2) is 39.9 Å². The normalized spacial score (nSPS) is 23.9. The van der Waals surface area contributed by atoms with E-state index in [0.29, 0.717) is 0 Å². The van der Waals surface area contributed by atoms with Crippen LogP contribution in [0.3, 0.4) is 0 Å². The summed E-state index contributed by atoms with van der Waals surface area (Å²) in [5.74, 6) is 0. The maximum absolute atomic E-state index is 3.20. The molecule has 1 atom stereocenters. The van der Waals surface area contributed by atoms with Gasteiger partial charge < -0.3 is 10.0 Å². The molecule has 14 heavy (non-hydrogen) atoms. The molecular formula is C10H24B2N2. The quantitative estimate of drug-likeness (QED) is 0.476. The van der Waals surface area contributed by atoms with Crippen LogP contribution >= 0.6 is 0 Å². The Morgan fingerprint density at radius 3 is 2.79 bits per heavy atom. The van der Waals surface area contributed by atoms with Gasteiger partial charge in [0.05, 0.1) is 0 Å². The van der Waals surface area contributed by atoms with Crippen molar-refractivity contribution in [3.05, 3.63) is 0 Å². The lowest BCUT2D eigenvalue weighted by Crippen LogP contribution is -2.37. The first-order chi connectivity index (χ1) is 6.84. The summed E-state index contributed by atoms with van der Waals surface area (Å²) in [5, 5.41) is 3.20. The Kier molecular flexibility index (Phi) is 6.37. The number of piperidine rings is 1. The predicted octanol–water partition coefficient (Wildman–Crippen LogP) is 0.0871. The molecule has 0 aromatic rings. The number of nitrogens with one attached hydrogen (secondary N) is 1. The highest BCUT2D eigenvalue weighted by Gasteiger charge is 2.17.